The first kappa shape index (κ1) is 24.7. The van der Waals surface area contributed by atoms with Gasteiger partial charge in [-0.05, 0) is 48.4 Å². The number of hydrogen-bond donors (Lipinski definition) is 3. The fraction of sp³-hybridized carbons (Fsp3) is 0.444. The van der Waals surface area contributed by atoms with Crippen LogP contribution in [0.25, 0.3) is 11.1 Å². The van der Waals surface area contributed by atoms with E-state index in [1.54, 1.807) is 0 Å². The molecule has 1 fully saturated rings. The number of aliphatic carboxylic acids is 1. The number of nitrogens with one attached hydrogen (secondary N) is 2. The molecule has 186 valence electrons. The van der Waals surface area contributed by atoms with Crippen LogP contribution in [0.1, 0.15) is 49.7 Å². The number of alkyl carbamates (subject to hydrolysis) is 1. The van der Waals surface area contributed by atoms with E-state index in [0.29, 0.717) is 25.9 Å². The van der Waals surface area contributed by atoms with E-state index in [0.717, 1.165) is 11.1 Å². The number of rotatable bonds is 10. The Morgan fingerprint density at radius 2 is 1.74 bits per heavy atom. The Bertz CT molecular complexity index is 1030. The third-order valence-corrected chi connectivity index (χ3v) is 6.74. The van der Waals surface area contributed by atoms with Gasteiger partial charge in [-0.1, -0.05) is 48.5 Å². The molecule has 2 aromatic rings. The molecular formula is C27H32N2O6. The van der Waals surface area contributed by atoms with Gasteiger partial charge in [0.2, 0.25) is 5.91 Å². The molecule has 3 atom stereocenters. The van der Waals surface area contributed by atoms with Gasteiger partial charge in [-0.15, -0.1) is 0 Å². The predicted molar refractivity (Wildman–Crippen MR) is 130 cm³/mol. The number of fused-ring (bicyclic) bond motifs is 3. The first-order valence-corrected chi connectivity index (χ1v) is 12.2. The molecule has 0 radical (unpaired) electrons. The van der Waals surface area contributed by atoms with Crippen molar-refractivity contribution in [3.63, 3.8) is 0 Å². The average Bonchev–Trinajstić information content (AvgIpc) is 3.44. The van der Waals surface area contributed by atoms with E-state index >= 15 is 0 Å². The van der Waals surface area contributed by atoms with Crippen molar-refractivity contribution in [2.45, 2.75) is 50.7 Å². The lowest BCUT2D eigenvalue weighted by Crippen LogP contribution is -2.45. The van der Waals surface area contributed by atoms with E-state index in [4.69, 9.17) is 14.6 Å². The van der Waals surface area contributed by atoms with Crippen molar-refractivity contribution in [1.29, 1.82) is 0 Å². The second kappa shape index (κ2) is 11.4. The zero-order chi connectivity index (χ0) is 24.8. The third kappa shape index (κ3) is 6.00. The Labute approximate surface area is 205 Å². The molecule has 1 unspecified atom stereocenters. The maximum Gasteiger partial charge on any atom is 0.407 e. The summed E-state index contributed by atoms with van der Waals surface area (Å²) >= 11 is 0. The molecule has 0 aromatic heterocycles. The smallest absolute Gasteiger partial charge is 0.407 e. The minimum absolute atomic E-state index is 0.0101. The van der Waals surface area contributed by atoms with Crippen LogP contribution in [0, 0.1) is 5.92 Å². The van der Waals surface area contributed by atoms with E-state index in [9.17, 15) is 14.4 Å². The Hall–Kier alpha value is -3.39. The van der Waals surface area contributed by atoms with Crippen molar-refractivity contribution in [2.75, 3.05) is 19.8 Å². The topological polar surface area (TPSA) is 114 Å². The van der Waals surface area contributed by atoms with Gasteiger partial charge in [0.15, 0.2) is 0 Å². The summed E-state index contributed by atoms with van der Waals surface area (Å²) in [4.78, 5) is 35.8. The lowest BCUT2D eigenvalue weighted by molar-refractivity contribution is -0.137. The highest BCUT2D eigenvalue weighted by Crippen LogP contribution is 2.44. The number of ether oxygens (including phenoxy) is 2. The van der Waals surface area contributed by atoms with E-state index in [-0.39, 0.29) is 43.4 Å². The molecule has 0 bridgehead atoms. The van der Waals surface area contributed by atoms with Crippen LogP contribution < -0.4 is 10.6 Å². The molecule has 1 saturated heterocycles. The summed E-state index contributed by atoms with van der Waals surface area (Å²) in [5, 5.41) is 14.4. The highest BCUT2D eigenvalue weighted by Gasteiger charge is 2.35. The molecular weight excluding hydrogens is 448 g/mol. The van der Waals surface area contributed by atoms with E-state index in [1.807, 2.05) is 31.2 Å². The molecule has 2 aromatic carbocycles. The van der Waals surface area contributed by atoms with Gasteiger partial charge in [-0.25, -0.2) is 4.79 Å². The zero-order valence-corrected chi connectivity index (χ0v) is 19.9. The summed E-state index contributed by atoms with van der Waals surface area (Å²) in [6.45, 7) is 2.81. The van der Waals surface area contributed by atoms with Gasteiger partial charge in [-0.2, -0.15) is 0 Å². The van der Waals surface area contributed by atoms with Crippen LogP contribution in [0.2, 0.25) is 0 Å². The molecule has 0 spiro atoms. The number of carbonyl (C=O) groups is 3. The highest BCUT2D eigenvalue weighted by molar-refractivity contribution is 5.82. The molecule has 4 rings (SSSR count). The van der Waals surface area contributed by atoms with Crippen molar-refractivity contribution in [2.24, 2.45) is 5.92 Å². The molecule has 3 N–H and O–H groups in total. The van der Waals surface area contributed by atoms with Crippen LogP contribution in [0.15, 0.2) is 48.5 Å². The van der Waals surface area contributed by atoms with Gasteiger partial charge >= 0.3 is 12.1 Å². The number of carboxylic acids is 1. The Kier molecular flexibility index (Phi) is 8.02. The van der Waals surface area contributed by atoms with Crippen LogP contribution in [0.3, 0.4) is 0 Å². The standard InChI is InChI=1S/C27H32N2O6/c1-17(7-6-12-24(30)31)29-26(32)25-18(13-14-34-25)15-28-27(33)35-16-23-21-10-4-2-8-19(21)20-9-3-5-11-22(20)23/h2-5,8-11,17-18,23,25H,6-7,12-16H2,1H3,(H,28,33)(H,29,32)(H,30,31)/t17?,18-,25-/m0/s1. The molecule has 2 amide bonds. The van der Waals surface area contributed by atoms with Gasteiger partial charge in [0.05, 0.1) is 0 Å². The first-order valence-electron chi connectivity index (χ1n) is 12.2. The number of benzene rings is 2. The summed E-state index contributed by atoms with van der Waals surface area (Å²) in [6.07, 6.45) is 0.649. The van der Waals surface area contributed by atoms with Crippen molar-refractivity contribution in [3.8, 4) is 11.1 Å². The predicted octanol–water partition coefficient (Wildman–Crippen LogP) is 3.69. The Morgan fingerprint density at radius 3 is 2.40 bits per heavy atom. The Morgan fingerprint density at radius 1 is 1.09 bits per heavy atom. The quantitative estimate of drug-likeness (QED) is 0.478. The SMILES string of the molecule is CC(CCCC(=O)O)NC(=O)[C@H]1OCC[C@H]1CNC(=O)OCC1c2ccccc2-c2ccccc21. The third-order valence-electron chi connectivity index (χ3n) is 6.74. The monoisotopic (exact) mass is 480 g/mol. The molecule has 8 heteroatoms. The van der Waals surface area contributed by atoms with Gasteiger partial charge in [0.25, 0.3) is 0 Å². The van der Waals surface area contributed by atoms with E-state index in [1.165, 1.54) is 11.1 Å². The number of carbonyl (C=O) groups excluding carboxylic acids is 2. The highest BCUT2D eigenvalue weighted by atomic mass is 16.5. The van der Waals surface area contributed by atoms with Crippen LogP contribution in [-0.2, 0) is 19.1 Å². The van der Waals surface area contributed by atoms with E-state index in [2.05, 4.69) is 34.9 Å². The van der Waals surface area contributed by atoms with Crippen LogP contribution in [0.4, 0.5) is 4.79 Å². The zero-order valence-electron chi connectivity index (χ0n) is 19.9. The molecule has 0 saturated carbocycles. The van der Waals surface area contributed by atoms with Gasteiger partial charge in [-0.3, -0.25) is 9.59 Å². The fourth-order valence-electron chi connectivity index (χ4n) is 4.95. The summed E-state index contributed by atoms with van der Waals surface area (Å²) < 4.78 is 11.2. The van der Waals surface area contributed by atoms with Crippen LogP contribution in [0.5, 0.6) is 0 Å². The molecule has 8 nitrogen and oxygen atoms in total. The lowest BCUT2D eigenvalue weighted by Gasteiger charge is -2.21. The molecule has 1 aliphatic heterocycles. The summed E-state index contributed by atoms with van der Waals surface area (Å²) in [6, 6.07) is 16.2. The molecule has 1 heterocycles. The largest absolute Gasteiger partial charge is 0.481 e. The van der Waals surface area contributed by atoms with Crippen molar-refractivity contribution in [3.05, 3.63) is 59.7 Å². The lowest BCUT2D eigenvalue weighted by atomic mass is 9.98. The molecule has 1 aliphatic carbocycles. The molecule has 2 aliphatic rings. The van der Waals surface area contributed by atoms with Crippen molar-refractivity contribution >= 4 is 18.0 Å². The minimum Gasteiger partial charge on any atom is -0.481 e. The summed E-state index contributed by atoms with van der Waals surface area (Å²) in [5.41, 5.74) is 4.65. The maximum atomic E-state index is 12.6. The van der Waals surface area contributed by atoms with Gasteiger partial charge < -0.3 is 25.2 Å². The van der Waals surface area contributed by atoms with Crippen molar-refractivity contribution < 1.29 is 29.0 Å². The second-order valence-corrected chi connectivity index (χ2v) is 9.24. The maximum absolute atomic E-state index is 12.6. The van der Waals surface area contributed by atoms with E-state index < -0.39 is 18.2 Å². The normalized spacial score (nSPS) is 19.5. The first-order chi connectivity index (χ1) is 16.9. The minimum atomic E-state index is -0.845. The fourth-order valence-corrected chi connectivity index (χ4v) is 4.95. The van der Waals surface area contributed by atoms with Crippen LogP contribution >= 0.6 is 0 Å². The Balaban J connectivity index is 1.25. The van der Waals surface area contributed by atoms with Gasteiger partial charge in [0, 0.05) is 37.5 Å². The second-order valence-electron chi connectivity index (χ2n) is 9.24. The number of hydrogen-bond acceptors (Lipinski definition) is 5. The average molecular weight is 481 g/mol. The number of amides is 2. The number of carboxylic acid groups (broad SMARTS) is 1. The summed E-state index contributed by atoms with van der Waals surface area (Å²) in [5.74, 6) is -1.24. The van der Waals surface area contributed by atoms with Crippen LogP contribution in [-0.4, -0.2) is 55.0 Å². The van der Waals surface area contributed by atoms with Gasteiger partial charge in [0.1, 0.15) is 12.7 Å². The van der Waals surface area contributed by atoms with Crippen molar-refractivity contribution in [1.82, 2.24) is 10.6 Å². The molecule has 35 heavy (non-hydrogen) atoms. The summed E-state index contributed by atoms with van der Waals surface area (Å²) in [7, 11) is 0.